The third-order valence-electron chi connectivity index (χ3n) is 3.23. The van der Waals surface area contributed by atoms with Crippen LogP contribution in [0.3, 0.4) is 0 Å². The van der Waals surface area contributed by atoms with Gasteiger partial charge < -0.3 is 5.32 Å². The van der Waals surface area contributed by atoms with Gasteiger partial charge in [0.1, 0.15) is 11.8 Å². The van der Waals surface area contributed by atoms with Crippen LogP contribution in [0.25, 0.3) is 11.3 Å². The van der Waals surface area contributed by atoms with E-state index in [-0.39, 0.29) is 12.8 Å². The molecule has 1 aromatic carbocycles. The number of aryl methyl sites for hydroxylation is 1. The Balaban J connectivity index is 0.000000326. The molecule has 0 radical (unpaired) electrons. The second-order valence-corrected chi connectivity index (χ2v) is 5.17. The number of nitrogens with zero attached hydrogens (tertiary/aromatic N) is 2. The Morgan fingerprint density at radius 2 is 2.00 bits per heavy atom. The molecule has 0 spiro atoms. The predicted octanol–water partition coefficient (Wildman–Crippen LogP) is 3.91. The van der Waals surface area contributed by atoms with Crippen molar-refractivity contribution in [2.24, 2.45) is 0 Å². The fourth-order valence-electron chi connectivity index (χ4n) is 1.80. The Bertz CT molecular complexity index is 748. The van der Waals surface area contributed by atoms with E-state index in [0.717, 1.165) is 16.8 Å². The number of aromatic nitrogens is 1. The summed E-state index contributed by atoms with van der Waals surface area (Å²) in [6.45, 7) is 1.96. The van der Waals surface area contributed by atoms with Gasteiger partial charge in [-0.15, -0.1) is 0 Å². The highest BCUT2D eigenvalue weighted by atomic mass is 19.3. The molecule has 0 bridgehead atoms. The molecule has 1 aliphatic carbocycles. The Kier molecular flexibility index (Phi) is 5.02. The second-order valence-electron chi connectivity index (χ2n) is 5.17. The number of pyridine rings is 1. The zero-order chi connectivity index (χ0) is 16.9. The van der Waals surface area contributed by atoms with Gasteiger partial charge in [-0.2, -0.15) is 5.26 Å². The first-order valence-electron chi connectivity index (χ1n) is 7.01. The van der Waals surface area contributed by atoms with Crippen molar-refractivity contribution in [2.45, 2.75) is 25.7 Å². The van der Waals surface area contributed by atoms with Gasteiger partial charge in [0.2, 0.25) is 12.3 Å². The molecular formula is C17H15F2N3O. The van der Waals surface area contributed by atoms with Crippen LogP contribution in [0.15, 0.2) is 36.4 Å². The molecule has 1 aliphatic rings. The molecule has 1 N–H and O–H groups in total. The van der Waals surface area contributed by atoms with Gasteiger partial charge in [0, 0.05) is 24.1 Å². The quantitative estimate of drug-likeness (QED) is 0.873. The van der Waals surface area contributed by atoms with E-state index in [1.807, 2.05) is 37.3 Å². The lowest BCUT2D eigenvalue weighted by atomic mass is 10.0. The normalized spacial score (nSPS) is 14.0. The largest absolute Gasteiger partial charge is 0.329 e. The summed E-state index contributed by atoms with van der Waals surface area (Å²) >= 11 is 0. The van der Waals surface area contributed by atoms with Gasteiger partial charge in [-0.05, 0) is 36.8 Å². The molecule has 0 aliphatic heterocycles. The number of benzene rings is 1. The molecule has 3 rings (SSSR count). The van der Waals surface area contributed by atoms with E-state index in [4.69, 9.17) is 5.26 Å². The van der Waals surface area contributed by atoms with E-state index in [2.05, 4.69) is 10.3 Å². The first-order valence-corrected chi connectivity index (χ1v) is 7.01. The van der Waals surface area contributed by atoms with Crippen LogP contribution in [-0.4, -0.2) is 17.3 Å². The molecule has 2 aromatic rings. The van der Waals surface area contributed by atoms with Crippen LogP contribution in [0.1, 0.15) is 24.1 Å². The van der Waals surface area contributed by atoms with Crippen LogP contribution in [-0.2, 0) is 4.79 Å². The molecule has 1 saturated carbocycles. The second kappa shape index (κ2) is 6.97. The van der Waals surface area contributed by atoms with Crippen LogP contribution in [0.4, 0.5) is 14.5 Å². The summed E-state index contributed by atoms with van der Waals surface area (Å²) in [4.78, 5) is 14.7. The summed E-state index contributed by atoms with van der Waals surface area (Å²) < 4.78 is 22.3. The fourth-order valence-corrected chi connectivity index (χ4v) is 1.80. The molecule has 6 heteroatoms. The molecule has 118 valence electrons. The molecule has 1 amide bonds. The van der Waals surface area contributed by atoms with Crippen molar-refractivity contribution in [3.63, 3.8) is 0 Å². The maximum absolute atomic E-state index is 11.1. The number of carbonyl (C=O) groups is 1. The Morgan fingerprint density at radius 3 is 2.57 bits per heavy atom. The topological polar surface area (TPSA) is 65.8 Å². The number of halogens is 2. The Labute approximate surface area is 132 Å². The first-order chi connectivity index (χ1) is 10.9. The fraction of sp³-hybridized carbons (Fsp3) is 0.235. The van der Waals surface area contributed by atoms with E-state index in [1.54, 1.807) is 12.1 Å². The number of rotatable bonds is 3. The molecule has 4 nitrogen and oxygen atoms in total. The molecule has 0 unspecified atom stereocenters. The molecule has 1 heterocycles. The number of carbonyl (C=O) groups excluding carboxylic acids is 1. The van der Waals surface area contributed by atoms with E-state index in [0.29, 0.717) is 17.8 Å². The number of hydrogen-bond acceptors (Lipinski definition) is 3. The molecule has 0 atom stereocenters. The summed E-state index contributed by atoms with van der Waals surface area (Å²) in [6, 6.07) is 12.9. The highest BCUT2D eigenvalue weighted by molar-refractivity contribution is 5.76. The lowest BCUT2D eigenvalue weighted by Crippen LogP contribution is -1.96. The van der Waals surface area contributed by atoms with Crippen molar-refractivity contribution in [3.8, 4) is 17.3 Å². The third kappa shape index (κ3) is 4.85. The monoisotopic (exact) mass is 315 g/mol. The minimum atomic E-state index is -2.25. The molecule has 1 fully saturated rings. The maximum Gasteiger partial charge on any atom is 0.248 e. The van der Waals surface area contributed by atoms with Crippen molar-refractivity contribution in [3.05, 3.63) is 47.7 Å². The number of anilines is 1. The molecular weight excluding hydrogens is 300 g/mol. The van der Waals surface area contributed by atoms with Gasteiger partial charge in [-0.25, -0.2) is 13.8 Å². The summed E-state index contributed by atoms with van der Waals surface area (Å²) in [7, 11) is 0. The van der Waals surface area contributed by atoms with E-state index < -0.39 is 5.92 Å². The number of nitriles is 1. The van der Waals surface area contributed by atoms with Crippen molar-refractivity contribution in [1.82, 2.24) is 4.98 Å². The summed E-state index contributed by atoms with van der Waals surface area (Å²) in [5.74, 6) is -2.25. The van der Waals surface area contributed by atoms with Gasteiger partial charge in [0.25, 0.3) is 0 Å². The van der Waals surface area contributed by atoms with Crippen molar-refractivity contribution in [2.75, 3.05) is 5.32 Å². The van der Waals surface area contributed by atoms with Crippen LogP contribution in [0, 0.1) is 18.3 Å². The van der Waals surface area contributed by atoms with Crippen LogP contribution < -0.4 is 5.32 Å². The summed E-state index contributed by atoms with van der Waals surface area (Å²) in [5.41, 5.74) is 3.74. The number of hydrogen-bond donors (Lipinski definition) is 1. The van der Waals surface area contributed by atoms with Gasteiger partial charge in [-0.3, -0.25) is 4.79 Å². The molecule has 1 aromatic heterocycles. The van der Waals surface area contributed by atoms with Crippen molar-refractivity contribution < 1.29 is 13.6 Å². The van der Waals surface area contributed by atoms with Gasteiger partial charge >= 0.3 is 0 Å². The predicted molar refractivity (Wildman–Crippen MR) is 83.0 cm³/mol. The van der Waals surface area contributed by atoms with E-state index >= 15 is 0 Å². The third-order valence-corrected chi connectivity index (χ3v) is 3.23. The Morgan fingerprint density at radius 1 is 1.30 bits per heavy atom. The minimum absolute atomic E-state index is 0.118. The molecule has 0 saturated heterocycles. The SMILES string of the molecule is Cc1ccc(NC=O)cc1-c1cccc(C#N)n1.FC1(F)CC1. The first kappa shape index (κ1) is 16.6. The zero-order valence-corrected chi connectivity index (χ0v) is 12.5. The van der Waals surface area contributed by atoms with Gasteiger partial charge in [0.05, 0.1) is 5.69 Å². The lowest BCUT2D eigenvalue weighted by Gasteiger charge is -2.08. The Hall–Kier alpha value is -2.81. The lowest BCUT2D eigenvalue weighted by molar-refractivity contribution is -0.105. The number of nitrogens with one attached hydrogen (secondary N) is 1. The number of alkyl halides is 2. The van der Waals surface area contributed by atoms with Crippen LogP contribution in [0.2, 0.25) is 0 Å². The van der Waals surface area contributed by atoms with Gasteiger partial charge in [-0.1, -0.05) is 12.1 Å². The standard InChI is InChI=1S/C14H11N3O.C3H4F2/c1-10-5-6-11(16-9-18)7-13(10)14-4-2-3-12(8-15)17-14;4-3(5)1-2-3/h2-7,9H,1H3,(H,16,18);1-2H2. The summed E-state index contributed by atoms with van der Waals surface area (Å²) in [5, 5.41) is 11.4. The average Bonchev–Trinajstić information content (AvgIpc) is 3.25. The van der Waals surface area contributed by atoms with Crippen molar-refractivity contribution in [1.29, 1.82) is 5.26 Å². The number of amides is 1. The smallest absolute Gasteiger partial charge is 0.248 e. The average molecular weight is 315 g/mol. The highest BCUT2D eigenvalue weighted by Gasteiger charge is 2.43. The minimum Gasteiger partial charge on any atom is -0.329 e. The van der Waals surface area contributed by atoms with Crippen LogP contribution >= 0.6 is 0 Å². The summed E-state index contributed by atoms with van der Waals surface area (Å²) in [6.07, 6.45) is 0.869. The highest BCUT2D eigenvalue weighted by Crippen LogP contribution is 2.40. The van der Waals surface area contributed by atoms with E-state index in [1.165, 1.54) is 0 Å². The van der Waals surface area contributed by atoms with Crippen molar-refractivity contribution >= 4 is 12.1 Å². The van der Waals surface area contributed by atoms with Crippen LogP contribution in [0.5, 0.6) is 0 Å². The maximum atomic E-state index is 11.1. The van der Waals surface area contributed by atoms with E-state index in [9.17, 15) is 13.6 Å². The van der Waals surface area contributed by atoms with Gasteiger partial charge in [0.15, 0.2) is 0 Å². The molecule has 23 heavy (non-hydrogen) atoms. The zero-order valence-electron chi connectivity index (χ0n) is 12.5.